The average Bonchev–Trinajstić information content (AvgIpc) is 3.29. The summed E-state index contributed by atoms with van der Waals surface area (Å²) in [7, 11) is -2.32. The van der Waals surface area contributed by atoms with Gasteiger partial charge in [-0.15, -0.1) is 0 Å². The molecule has 1 aliphatic carbocycles. The van der Waals surface area contributed by atoms with Crippen LogP contribution >= 0.6 is 0 Å². The molecule has 1 spiro atoms. The van der Waals surface area contributed by atoms with Crippen LogP contribution in [0.3, 0.4) is 0 Å². The zero-order valence-electron chi connectivity index (χ0n) is 33.2. The van der Waals surface area contributed by atoms with Crippen LogP contribution in [0.25, 0.3) is 54.6 Å². The molecule has 0 fully saturated rings. The highest BCUT2D eigenvalue weighted by Crippen LogP contribution is 2.56. The number of nitrogens with zero attached hydrogens (tertiary/aromatic N) is 1. The van der Waals surface area contributed by atoms with E-state index in [9.17, 15) is 0 Å². The summed E-state index contributed by atoms with van der Waals surface area (Å²) in [4.78, 5) is 2.56. The lowest BCUT2D eigenvalue weighted by atomic mass is 9.59. The van der Waals surface area contributed by atoms with Crippen LogP contribution in [0.2, 0.25) is 13.1 Å². The van der Waals surface area contributed by atoms with Crippen LogP contribution in [0.15, 0.2) is 212 Å². The Morgan fingerprint density at radius 2 is 0.966 bits per heavy atom. The van der Waals surface area contributed by atoms with Crippen LogP contribution in [0.4, 0.5) is 17.1 Å². The maximum Gasteiger partial charge on any atom is 0.113 e. The Balaban J connectivity index is 1.21. The molecule has 0 amide bonds. The fourth-order valence-corrected chi connectivity index (χ4v) is 14.1. The second-order valence-electron chi connectivity index (χ2n) is 16.8. The number of hydrogen-bond donors (Lipinski definition) is 0. The van der Waals surface area contributed by atoms with E-state index < -0.39 is 13.5 Å². The van der Waals surface area contributed by atoms with Crippen LogP contribution in [-0.4, -0.2) is 8.07 Å². The molecule has 278 valence electrons. The highest BCUT2D eigenvalue weighted by Gasteiger charge is 2.52. The van der Waals surface area contributed by atoms with Crippen LogP contribution < -0.4 is 15.3 Å². The van der Waals surface area contributed by atoms with Crippen molar-refractivity contribution in [2.24, 2.45) is 0 Å². The van der Waals surface area contributed by atoms with E-state index >= 15 is 0 Å². The normalized spacial score (nSPS) is 15.8. The van der Waals surface area contributed by atoms with E-state index in [2.05, 4.69) is 230 Å². The van der Waals surface area contributed by atoms with Crippen LogP contribution in [0.1, 0.15) is 22.3 Å². The fourth-order valence-electron chi connectivity index (χ4n) is 10.9. The topological polar surface area (TPSA) is 3.24 Å². The molecule has 1 aliphatic heterocycles. The van der Waals surface area contributed by atoms with Gasteiger partial charge in [-0.1, -0.05) is 195 Å². The predicted octanol–water partition coefficient (Wildman–Crippen LogP) is 13.8. The van der Waals surface area contributed by atoms with Gasteiger partial charge in [0.15, 0.2) is 0 Å². The van der Waals surface area contributed by atoms with Crippen LogP contribution in [0.5, 0.6) is 0 Å². The summed E-state index contributed by atoms with van der Waals surface area (Å²) in [5, 5.41) is 10.5. The Hall–Kier alpha value is -7.00. The Bertz CT molecular complexity index is 3310. The molecule has 1 unspecified atom stereocenters. The van der Waals surface area contributed by atoms with Gasteiger partial charge in [-0.05, 0) is 107 Å². The molecule has 10 aromatic carbocycles. The lowest BCUT2D eigenvalue weighted by Crippen LogP contribution is -2.63. The number of rotatable bonds is 4. The molecule has 0 bridgehead atoms. The van der Waals surface area contributed by atoms with Crippen molar-refractivity contribution in [1.82, 2.24) is 0 Å². The lowest BCUT2D eigenvalue weighted by Gasteiger charge is -2.50. The van der Waals surface area contributed by atoms with Gasteiger partial charge < -0.3 is 4.90 Å². The largest absolute Gasteiger partial charge is 0.309 e. The smallest absolute Gasteiger partial charge is 0.113 e. The second-order valence-corrected chi connectivity index (χ2v) is 21.1. The summed E-state index contributed by atoms with van der Waals surface area (Å²) in [5.74, 6) is 0. The first-order valence-electron chi connectivity index (χ1n) is 20.8. The predicted molar refractivity (Wildman–Crippen MR) is 253 cm³/mol. The van der Waals surface area contributed by atoms with Crippen molar-refractivity contribution in [2.75, 3.05) is 4.90 Å². The molecule has 1 nitrogen and oxygen atoms in total. The van der Waals surface area contributed by atoms with Gasteiger partial charge >= 0.3 is 0 Å². The molecule has 0 saturated carbocycles. The van der Waals surface area contributed by atoms with E-state index in [1.807, 2.05) is 0 Å². The quantitative estimate of drug-likeness (QED) is 0.161. The summed E-state index contributed by atoms with van der Waals surface area (Å²) < 4.78 is 0. The van der Waals surface area contributed by atoms with Crippen LogP contribution in [0, 0.1) is 0 Å². The number of benzene rings is 10. The van der Waals surface area contributed by atoms with Gasteiger partial charge in [0.25, 0.3) is 0 Å². The molecule has 1 atom stereocenters. The molecule has 10 aromatic rings. The molecule has 2 aliphatic rings. The molecule has 1 heterocycles. The molecule has 0 saturated heterocycles. The monoisotopic (exact) mass is 767 g/mol. The summed E-state index contributed by atoms with van der Waals surface area (Å²) in [5.41, 5.74) is 13.6. The van der Waals surface area contributed by atoms with Gasteiger partial charge in [0.1, 0.15) is 8.07 Å². The fraction of sp³-hybridized carbons (Fsp3) is 0.0526. The lowest BCUT2D eigenvalue weighted by molar-refractivity contribution is 0.754. The average molecular weight is 768 g/mol. The molecule has 0 aromatic heterocycles. The SMILES string of the molecule is C[Si]1(C)c2ccccc2C2(c3ccccc3-c3cccc4cccc2c34)c2ccc(N(c3cc4ccccc4cc3-c3ccccc3)c3cccc4ccccc34)cc21. The minimum Gasteiger partial charge on any atom is -0.309 e. The van der Waals surface area contributed by atoms with Crippen molar-refractivity contribution in [3.05, 3.63) is 235 Å². The van der Waals surface area contributed by atoms with E-state index in [1.54, 1.807) is 0 Å². The van der Waals surface area contributed by atoms with Crippen molar-refractivity contribution in [1.29, 1.82) is 0 Å². The van der Waals surface area contributed by atoms with Crippen molar-refractivity contribution in [3.63, 3.8) is 0 Å². The van der Waals surface area contributed by atoms with Crippen molar-refractivity contribution in [2.45, 2.75) is 18.5 Å². The van der Waals surface area contributed by atoms with E-state index in [0.717, 1.165) is 0 Å². The maximum absolute atomic E-state index is 2.59. The Kier molecular flexibility index (Phi) is 7.36. The number of fused-ring (bicyclic) bond motifs is 10. The number of hydrogen-bond acceptors (Lipinski definition) is 1. The molecule has 2 heteroatoms. The van der Waals surface area contributed by atoms with E-state index in [4.69, 9.17) is 0 Å². The highest BCUT2D eigenvalue weighted by molar-refractivity contribution is 7.01. The minimum atomic E-state index is -2.32. The van der Waals surface area contributed by atoms with Crippen molar-refractivity contribution >= 4 is 67.8 Å². The van der Waals surface area contributed by atoms with Crippen molar-refractivity contribution in [3.8, 4) is 22.3 Å². The molecular weight excluding hydrogens is 727 g/mol. The standard InChI is InChI=1S/C57H41NSi/c1-59(2)54-32-13-12-29-49(54)57(48-28-11-10-26-45(48)46-27-14-23-40-24-15-30-51(57)56(40)46)50-34-33-43(37-55(50)59)58(52-31-16-22-38-19-8-9-25-44(38)52)53-36-42-21-7-6-20-41(42)35-47(53)39-17-4-3-5-18-39/h3-37H,1-2H3. The first kappa shape index (κ1) is 34.1. The molecular formula is C57H41NSi. The molecule has 59 heavy (non-hydrogen) atoms. The summed E-state index contributed by atoms with van der Waals surface area (Å²) in [6, 6.07) is 80.1. The zero-order valence-corrected chi connectivity index (χ0v) is 34.2. The first-order valence-corrected chi connectivity index (χ1v) is 23.8. The van der Waals surface area contributed by atoms with E-state index in [1.165, 1.54) is 104 Å². The highest BCUT2D eigenvalue weighted by atomic mass is 28.3. The van der Waals surface area contributed by atoms with Gasteiger partial charge in [0.05, 0.1) is 16.8 Å². The Morgan fingerprint density at radius 3 is 1.81 bits per heavy atom. The van der Waals surface area contributed by atoms with Crippen LogP contribution in [-0.2, 0) is 5.41 Å². The van der Waals surface area contributed by atoms with Gasteiger partial charge in [-0.3, -0.25) is 0 Å². The maximum atomic E-state index is 2.59. The van der Waals surface area contributed by atoms with E-state index in [-0.39, 0.29) is 0 Å². The Morgan fingerprint density at radius 1 is 0.373 bits per heavy atom. The molecule has 0 radical (unpaired) electrons. The summed E-state index contributed by atoms with van der Waals surface area (Å²) >= 11 is 0. The van der Waals surface area contributed by atoms with Gasteiger partial charge in [-0.25, -0.2) is 0 Å². The summed E-state index contributed by atoms with van der Waals surface area (Å²) in [6.45, 7) is 5.14. The zero-order chi connectivity index (χ0) is 39.3. The van der Waals surface area contributed by atoms with Crippen molar-refractivity contribution < 1.29 is 0 Å². The third kappa shape index (κ3) is 4.78. The third-order valence-electron chi connectivity index (χ3n) is 13.5. The first-order chi connectivity index (χ1) is 29.0. The van der Waals surface area contributed by atoms with Gasteiger partial charge in [0, 0.05) is 16.6 Å². The summed E-state index contributed by atoms with van der Waals surface area (Å²) in [6.07, 6.45) is 0. The molecule has 12 rings (SSSR count). The second kappa shape index (κ2) is 12.7. The molecule has 0 N–H and O–H groups in total. The Labute approximate surface area is 346 Å². The van der Waals surface area contributed by atoms with Gasteiger partial charge in [0.2, 0.25) is 0 Å². The third-order valence-corrected chi connectivity index (χ3v) is 17.0. The minimum absolute atomic E-state index is 0.486. The number of anilines is 3. The van der Waals surface area contributed by atoms with Gasteiger partial charge in [-0.2, -0.15) is 0 Å². The van der Waals surface area contributed by atoms with E-state index in [0.29, 0.717) is 0 Å².